The Kier molecular flexibility index (Phi) is 30.6. The standard InChI is InChI=1S/C51H97NO5/c1-6-9-12-15-22-29-36-47(37-30-23-16-13-10-7-2)56-48(53)38-31-24-18-20-27-34-45(52-46-41-51(42-46)43-55-44-51)35-28-21-19-25-32-39-49(54)57-50(4,5)40-33-26-17-14-11-8-3/h45-47,52H,6-44H2,1-5H3. The van der Waals surface area contributed by atoms with Crippen molar-refractivity contribution in [1.29, 1.82) is 0 Å². The molecule has 0 amide bonds. The molecule has 6 heteroatoms. The molecule has 57 heavy (non-hydrogen) atoms. The molecule has 2 rings (SSSR count). The SMILES string of the molecule is CCCCCCCCC(CCCCCCCC)OC(=O)CCCCCCCC(CCCCCCCC(=O)OC(C)(C)CCCCCCCC)NC1CC2(COC2)C1. The van der Waals surface area contributed by atoms with Crippen LogP contribution in [0.4, 0.5) is 0 Å². The molecule has 0 bridgehead atoms. The Hall–Kier alpha value is -1.14. The molecule has 0 radical (unpaired) electrons. The lowest BCUT2D eigenvalue weighted by Crippen LogP contribution is -2.60. The maximum atomic E-state index is 12.9. The van der Waals surface area contributed by atoms with E-state index in [0.29, 0.717) is 30.3 Å². The minimum Gasteiger partial charge on any atom is -0.462 e. The molecule has 2 aliphatic rings. The van der Waals surface area contributed by atoms with Gasteiger partial charge in [-0.05, 0) is 90.9 Å². The van der Waals surface area contributed by atoms with Crippen LogP contribution in [-0.2, 0) is 23.8 Å². The molecule has 0 aromatic heterocycles. The summed E-state index contributed by atoms with van der Waals surface area (Å²) in [5, 5.41) is 4.05. The van der Waals surface area contributed by atoms with Crippen LogP contribution in [0.3, 0.4) is 0 Å². The number of esters is 2. The van der Waals surface area contributed by atoms with E-state index in [0.717, 1.165) is 64.6 Å². The molecule has 1 spiro atoms. The first kappa shape index (κ1) is 52.0. The average molecular weight is 804 g/mol. The van der Waals surface area contributed by atoms with Gasteiger partial charge in [-0.3, -0.25) is 9.59 Å². The number of rotatable bonds is 41. The van der Waals surface area contributed by atoms with E-state index >= 15 is 0 Å². The second-order valence-corrected chi connectivity index (χ2v) is 19.6. The average Bonchev–Trinajstić information content (AvgIpc) is 3.14. The number of hydrogen-bond donors (Lipinski definition) is 1. The van der Waals surface area contributed by atoms with Crippen LogP contribution in [0.25, 0.3) is 0 Å². The number of carbonyl (C=O) groups is 2. The van der Waals surface area contributed by atoms with E-state index in [-0.39, 0.29) is 23.6 Å². The molecule has 2 fully saturated rings. The van der Waals surface area contributed by atoms with E-state index in [1.165, 1.54) is 173 Å². The van der Waals surface area contributed by atoms with Gasteiger partial charge >= 0.3 is 11.9 Å². The van der Waals surface area contributed by atoms with Crippen LogP contribution in [0.2, 0.25) is 0 Å². The van der Waals surface area contributed by atoms with Crippen molar-refractivity contribution in [2.45, 2.75) is 296 Å². The quantitative estimate of drug-likeness (QED) is 0.0490. The molecule has 1 heterocycles. The van der Waals surface area contributed by atoms with Crippen LogP contribution >= 0.6 is 0 Å². The Morgan fingerprint density at radius 1 is 0.561 bits per heavy atom. The first-order chi connectivity index (χ1) is 27.7. The minimum absolute atomic E-state index is 0.0171. The topological polar surface area (TPSA) is 73.9 Å². The van der Waals surface area contributed by atoms with Crippen molar-refractivity contribution >= 4 is 11.9 Å². The molecule has 1 saturated carbocycles. The zero-order chi connectivity index (χ0) is 41.3. The fraction of sp³-hybridized carbons (Fsp3) is 0.961. The van der Waals surface area contributed by atoms with Crippen molar-refractivity contribution < 1.29 is 23.8 Å². The van der Waals surface area contributed by atoms with Gasteiger partial charge in [0, 0.05) is 30.3 Å². The van der Waals surface area contributed by atoms with Crippen molar-refractivity contribution in [3.05, 3.63) is 0 Å². The van der Waals surface area contributed by atoms with Gasteiger partial charge in [0.15, 0.2) is 0 Å². The highest BCUT2D eigenvalue weighted by Gasteiger charge is 2.49. The van der Waals surface area contributed by atoms with Crippen LogP contribution in [0.15, 0.2) is 0 Å². The van der Waals surface area contributed by atoms with Crippen LogP contribution in [0.1, 0.15) is 272 Å². The normalized spacial score (nSPS) is 15.8. The predicted octanol–water partition coefficient (Wildman–Crippen LogP) is 15.1. The third-order valence-electron chi connectivity index (χ3n) is 13.1. The van der Waals surface area contributed by atoms with Crippen LogP contribution in [0, 0.1) is 5.41 Å². The van der Waals surface area contributed by atoms with Gasteiger partial charge in [-0.15, -0.1) is 0 Å². The van der Waals surface area contributed by atoms with Gasteiger partial charge in [-0.1, -0.05) is 168 Å². The van der Waals surface area contributed by atoms with E-state index in [1.54, 1.807) is 0 Å². The van der Waals surface area contributed by atoms with E-state index in [2.05, 4.69) is 39.9 Å². The Labute approximate surface area is 354 Å². The Balaban J connectivity index is 1.59. The molecule has 1 N–H and O–H groups in total. The van der Waals surface area contributed by atoms with Gasteiger partial charge in [0.05, 0.1) is 13.2 Å². The second kappa shape index (κ2) is 33.6. The third kappa shape index (κ3) is 27.4. The molecule has 1 unspecified atom stereocenters. The predicted molar refractivity (Wildman–Crippen MR) is 242 cm³/mol. The fourth-order valence-electron chi connectivity index (χ4n) is 9.31. The summed E-state index contributed by atoms with van der Waals surface area (Å²) >= 11 is 0. The monoisotopic (exact) mass is 804 g/mol. The van der Waals surface area contributed by atoms with Crippen LogP contribution in [0.5, 0.6) is 0 Å². The minimum atomic E-state index is -0.341. The molecule has 6 nitrogen and oxygen atoms in total. The molecular weight excluding hydrogens is 707 g/mol. The highest BCUT2D eigenvalue weighted by Crippen LogP contribution is 2.47. The van der Waals surface area contributed by atoms with E-state index < -0.39 is 0 Å². The molecular formula is C51H97NO5. The summed E-state index contributed by atoms with van der Waals surface area (Å²) in [6.07, 6.45) is 44.1. The zero-order valence-corrected chi connectivity index (χ0v) is 38.9. The first-order valence-electron chi connectivity index (χ1n) is 25.5. The van der Waals surface area contributed by atoms with Crippen molar-refractivity contribution in [3.8, 4) is 0 Å². The highest BCUT2D eigenvalue weighted by atomic mass is 16.6. The lowest BCUT2D eigenvalue weighted by Gasteiger charge is -2.54. The number of carbonyl (C=O) groups excluding carboxylic acids is 2. The number of nitrogens with one attached hydrogen (secondary N) is 1. The second-order valence-electron chi connectivity index (χ2n) is 19.6. The van der Waals surface area contributed by atoms with Gasteiger partial charge in [0.2, 0.25) is 0 Å². The molecule has 336 valence electrons. The van der Waals surface area contributed by atoms with Gasteiger partial charge in [0.1, 0.15) is 11.7 Å². The van der Waals surface area contributed by atoms with Gasteiger partial charge in [-0.2, -0.15) is 0 Å². The molecule has 1 aliphatic heterocycles. The molecule has 1 saturated heterocycles. The summed E-state index contributed by atoms with van der Waals surface area (Å²) in [5.41, 5.74) is 0.156. The summed E-state index contributed by atoms with van der Waals surface area (Å²) in [6.45, 7) is 12.9. The van der Waals surface area contributed by atoms with E-state index in [4.69, 9.17) is 14.2 Å². The van der Waals surface area contributed by atoms with Gasteiger partial charge in [-0.25, -0.2) is 0 Å². The number of hydrogen-bond acceptors (Lipinski definition) is 6. The Bertz CT molecular complexity index is 939. The van der Waals surface area contributed by atoms with Gasteiger partial charge in [0.25, 0.3) is 0 Å². The van der Waals surface area contributed by atoms with E-state index in [1.807, 2.05) is 0 Å². The molecule has 0 aromatic carbocycles. The van der Waals surface area contributed by atoms with Crippen molar-refractivity contribution in [1.82, 2.24) is 5.32 Å². The molecule has 0 aromatic rings. The van der Waals surface area contributed by atoms with Crippen molar-refractivity contribution in [2.24, 2.45) is 5.41 Å². The Morgan fingerprint density at radius 2 is 0.965 bits per heavy atom. The van der Waals surface area contributed by atoms with Crippen LogP contribution in [-0.4, -0.2) is 48.9 Å². The summed E-state index contributed by atoms with van der Waals surface area (Å²) in [7, 11) is 0. The smallest absolute Gasteiger partial charge is 0.306 e. The molecule has 1 atom stereocenters. The van der Waals surface area contributed by atoms with Gasteiger partial charge < -0.3 is 19.5 Å². The highest BCUT2D eigenvalue weighted by molar-refractivity contribution is 5.70. The number of ether oxygens (including phenoxy) is 3. The zero-order valence-electron chi connectivity index (χ0n) is 38.9. The van der Waals surface area contributed by atoms with Crippen molar-refractivity contribution in [3.63, 3.8) is 0 Å². The lowest BCUT2D eigenvalue weighted by atomic mass is 9.64. The van der Waals surface area contributed by atoms with Crippen LogP contribution < -0.4 is 5.32 Å². The maximum absolute atomic E-state index is 12.9. The third-order valence-corrected chi connectivity index (χ3v) is 13.1. The van der Waals surface area contributed by atoms with Crippen molar-refractivity contribution in [2.75, 3.05) is 13.2 Å². The lowest BCUT2D eigenvalue weighted by molar-refractivity contribution is -0.168. The summed E-state index contributed by atoms with van der Waals surface area (Å²) in [6, 6.07) is 1.26. The largest absolute Gasteiger partial charge is 0.462 e. The van der Waals surface area contributed by atoms with E-state index in [9.17, 15) is 9.59 Å². The number of unbranched alkanes of at least 4 members (excludes halogenated alkanes) is 23. The fourth-order valence-corrected chi connectivity index (χ4v) is 9.31. The Morgan fingerprint density at radius 3 is 1.42 bits per heavy atom. The first-order valence-corrected chi connectivity index (χ1v) is 25.5. The summed E-state index contributed by atoms with van der Waals surface area (Å²) in [5.74, 6) is 0.0237. The summed E-state index contributed by atoms with van der Waals surface area (Å²) < 4.78 is 17.5. The maximum Gasteiger partial charge on any atom is 0.306 e. The molecule has 1 aliphatic carbocycles. The summed E-state index contributed by atoms with van der Waals surface area (Å²) in [4.78, 5) is 25.4.